The molecular formula is C100H112N16O15. The van der Waals surface area contributed by atoms with Gasteiger partial charge in [0.15, 0.2) is 45.4 Å². The predicted molar refractivity (Wildman–Crippen MR) is 507 cm³/mol. The molecule has 0 saturated heterocycles. The van der Waals surface area contributed by atoms with Crippen molar-refractivity contribution in [2.24, 2.45) is 9.98 Å². The molecule has 0 fully saturated rings. The molecule has 10 aromatic rings. The molecule has 0 radical (unpaired) electrons. The van der Waals surface area contributed by atoms with E-state index >= 15 is 0 Å². The standard InChI is InChI=1S/C28H34N4O6.C28H34N4O5.2C22H22N4O2/c1-19-16-23-24(17-20(19)2)32(26-25(29-23)27(33)31-28(34)30-26)9-5-7-21-6-4-8-22(18-21)38-15-14-37-13-12-36-11-10-35-3;1-20-18-23-24(19-25(20)37-17-16-36-15-14-35-13-12-34-3)32(11-7-10-22-8-5-4-6-9-22)27-26(31-23)28(33)30-21(2)29-27;1-13-6-9-16(10-7-13)5-4-12-26-17-11-8-14(2)15(3)18(17)23-19-20(26)24-22(28)25-21(19)27;1-13-11-17-18(12-14(13)2)26(10-6-8-16-7-4-5-9-19(16)27)21-20(25-17)22(28)24-15(3)23-21/h4,6,8,16-18H,5,7,9-15H2,1-3H3,(H,31,33,34);4-6,8-9,18-19H,2,7,10-17H2,1,3H3,(H,30,33);6-11H,4-5,12H2,1-3H3,(H,25,27,28);4-5,7,9,11-12,27H,3,6,8,10H2,1-2H3,(H,24,28). The molecule has 0 spiro atoms. The lowest BCUT2D eigenvalue weighted by Gasteiger charge is -2.29. The van der Waals surface area contributed by atoms with Crippen molar-refractivity contribution in [1.29, 1.82) is 0 Å². The number of phenolic OH excluding ortho intramolecular Hbond substituents is 1. The van der Waals surface area contributed by atoms with Crippen LogP contribution in [0, 0.1) is 55.4 Å². The topological polar surface area (TPSA) is 378 Å². The van der Waals surface area contributed by atoms with Crippen LogP contribution in [-0.2, 0) is 67.2 Å². The summed E-state index contributed by atoms with van der Waals surface area (Å²) in [6, 6.07) is 50.2. The average molecular weight is 1780 g/mol. The van der Waals surface area contributed by atoms with E-state index in [0.29, 0.717) is 167 Å². The number of aromatic amines is 4. The Hall–Kier alpha value is -13.8. The third kappa shape index (κ3) is 24.6. The number of aryl methyl sites for hydroxylation is 14. The summed E-state index contributed by atoms with van der Waals surface area (Å²) in [4.78, 5) is 123. The van der Waals surface area contributed by atoms with Crippen LogP contribution in [0.5, 0.6) is 17.2 Å². The van der Waals surface area contributed by atoms with Gasteiger partial charge in [0.2, 0.25) is 0 Å². The van der Waals surface area contributed by atoms with Crippen molar-refractivity contribution in [3.63, 3.8) is 0 Å². The monoisotopic (exact) mass is 1780 g/mol. The second-order valence-corrected chi connectivity index (χ2v) is 32.1. The van der Waals surface area contributed by atoms with Gasteiger partial charge in [-0.15, -0.1) is 0 Å². The van der Waals surface area contributed by atoms with Crippen molar-refractivity contribution in [2.75, 3.05) is 116 Å². The van der Waals surface area contributed by atoms with E-state index in [-0.39, 0.29) is 22.5 Å². The largest absolute Gasteiger partial charge is 0.508 e. The Bertz CT molecular complexity index is 6920. The lowest BCUT2D eigenvalue weighted by Crippen LogP contribution is -2.42. The molecule has 0 amide bonds. The Labute approximate surface area is 756 Å². The Kier molecular flexibility index (Phi) is 32.9. The minimum atomic E-state index is -0.673. The molecule has 31 nitrogen and oxygen atoms in total. The molecule has 0 aliphatic carbocycles. The summed E-state index contributed by atoms with van der Waals surface area (Å²) < 4.78 is 47.5. The predicted octanol–water partition coefficient (Wildman–Crippen LogP) is 11.2. The number of phenols is 1. The second kappa shape index (κ2) is 45.4. The summed E-state index contributed by atoms with van der Waals surface area (Å²) >= 11 is 0. The van der Waals surface area contributed by atoms with Crippen LogP contribution >= 0.6 is 0 Å². The molecule has 6 aliphatic heterocycles. The van der Waals surface area contributed by atoms with Gasteiger partial charge in [-0.2, -0.15) is 9.97 Å². The zero-order chi connectivity index (χ0) is 92.6. The number of nitrogens with one attached hydrogen (secondary N) is 4. The smallest absolute Gasteiger partial charge is 0.349 e. The molecule has 0 bridgehead atoms. The molecule has 8 aromatic carbocycles. The van der Waals surface area contributed by atoms with Crippen LogP contribution < -0.4 is 74.6 Å². The maximum Gasteiger partial charge on any atom is 0.349 e. The molecule has 682 valence electrons. The van der Waals surface area contributed by atoms with Gasteiger partial charge in [0.25, 0.3) is 22.2 Å². The average Bonchev–Trinajstić information content (AvgIpc) is 0.766. The highest BCUT2D eigenvalue weighted by Crippen LogP contribution is 2.41. The van der Waals surface area contributed by atoms with E-state index < -0.39 is 22.5 Å². The van der Waals surface area contributed by atoms with Crippen molar-refractivity contribution in [1.82, 2.24) is 59.0 Å². The van der Waals surface area contributed by atoms with Gasteiger partial charge in [0, 0.05) is 46.5 Å². The Balaban J connectivity index is 0.000000150. The molecule has 5 N–H and O–H groups in total. The fourth-order valence-electron chi connectivity index (χ4n) is 15.3. The van der Waals surface area contributed by atoms with Gasteiger partial charge in [0.1, 0.15) is 41.4 Å². The molecular weight excluding hydrogens is 1670 g/mol. The van der Waals surface area contributed by atoms with Gasteiger partial charge >= 0.3 is 11.4 Å². The van der Waals surface area contributed by atoms with Gasteiger partial charge in [-0.25, -0.2) is 39.5 Å². The highest BCUT2D eigenvalue weighted by atomic mass is 16.6. The number of rotatable bonds is 36. The number of hydrogen-bond acceptors (Lipinski definition) is 25. The summed E-state index contributed by atoms with van der Waals surface area (Å²) in [6.45, 7) is 32.4. The number of benzene rings is 8. The van der Waals surface area contributed by atoms with E-state index in [9.17, 15) is 33.9 Å². The second-order valence-electron chi connectivity index (χ2n) is 32.1. The highest BCUT2D eigenvalue weighted by Gasteiger charge is 2.28. The molecule has 2 aromatic heterocycles. The minimum absolute atomic E-state index is 0.166. The van der Waals surface area contributed by atoms with E-state index in [4.69, 9.17) is 37.9 Å². The van der Waals surface area contributed by atoms with Gasteiger partial charge in [-0.1, -0.05) is 110 Å². The van der Waals surface area contributed by atoms with Crippen LogP contribution in [-0.4, -0.2) is 171 Å². The number of aromatic nitrogens is 12. The van der Waals surface area contributed by atoms with Gasteiger partial charge in [0.05, 0.1) is 111 Å². The summed E-state index contributed by atoms with van der Waals surface area (Å²) in [5.41, 5.74) is 17.9. The van der Waals surface area contributed by atoms with Gasteiger partial charge < -0.3 is 71.9 Å². The van der Waals surface area contributed by atoms with Crippen LogP contribution in [0.1, 0.15) is 92.4 Å². The highest BCUT2D eigenvalue weighted by molar-refractivity contribution is 5.84. The van der Waals surface area contributed by atoms with Crippen LogP contribution in [0.4, 0.5) is 34.4 Å². The zero-order valence-corrected chi connectivity index (χ0v) is 75.8. The first kappa shape index (κ1) is 94.8. The number of para-hydroxylation sites is 1. The first-order valence-electron chi connectivity index (χ1n) is 43.9. The molecule has 0 atom stereocenters. The number of ether oxygens (including phenoxy) is 8. The normalized spacial score (nSPS) is 11.8. The van der Waals surface area contributed by atoms with Crippen LogP contribution in [0.2, 0.25) is 0 Å². The Morgan fingerprint density at radius 1 is 0.389 bits per heavy atom. The van der Waals surface area contributed by atoms with Crippen molar-refractivity contribution in [3.05, 3.63) is 302 Å². The van der Waals surface area contributed by atoms with Gasteiger partial charge in [-0.05, 0) is 223 Å². The Morgan fingerprint density at radius 3 is 1.47 bits per heavy atom. The van der Waals surface area contributed by atoms with Crippen LogP contribution in [0.25, 0.3) is 58.3 Å². The summed E-state index contributed by atoms with van der Waals surface area (Å²) in [5, 5.41) is 10.6. The quantitative estimate of drug-likeness (QED) is 0.0180. The number of H-pyrrole nitrogens is 4. The van der Waals surface area contributed by atoms with E-state index in [1.54, 1.807) is 20.3 Å². The lowest BCUT2D eigenvalue weighted by atomic mass is 10.0. The first-order chi connectivity index (χ1) is 63.4. The fraction of sp³-hybridized carbons (Fsp3) is 0.340. The van der Waals surface area contributed by atoms with Crippen molar-refractivity contribution >= 4 is 69.6 Å². The summed E-state index contributed by atoms with van der Waals surface area (Å²) in [6.07, 6.45) is 6.58. The number of methoxy groups -OCH3 is 2. The zero-order valence-electron chi connectivity index (χ0n) is 75.8. The van der Waals surface area contributed by atoms with Crippen LogP contribution in [0.3, 0.4) is 0 Å². The summed E-state index contributed by atoms with van der Waals surface area (Å²) in [7, 11) is 3.29. The number of fused-ring (bicyclic) bond motifs is 8. The Morgan fingerprint density at radius 2 is 0.870 bits per heavy atom. The lowest BCUT2D eigenvalue weighted by molar-refractivity contribution is 0.0179. The van der Waals surface area contributed by atoms with Crippen molar-refractivity contribution < 1.29 is 43.0 Å². The fourth-order valence-corrected chi connectivity index (χ4v) is 15.3. The summed E-state index contributed by atoms with van der Waals surface area (Å²) in [5.74, 6) is 3.51. The van der Waals surface area contributed by atoms with Gasteiger partial charge in [-0.3, -0.25) is 29.1 Å². The SMILES string of the molecule is C=c1nc2c(c(=O)[nH]1)=Nc1cc(C)c(C)cc1N2CCCc1ccccc1O.C=c1nc2c(c(=O)[nH]1)=Nc1cc(C)c(OCCOCCOCCOC)cc1N2CCCc1ccccc1.COCCOCCOCCOc1cccc(CCCn2c3nc(=O)[nH]c(=O)c-3nc3cc(C)c(C)cc32)c1.Cc1ccc(CCCn2c3nc(=O)[nH]c(=O)c-3nc3c(C)c(C)ccc32)cc1. The molecule has 6 aliphatic rings. The molecule has 31 heteroatoms. The third-order valence-electron chi connectivity index (χ3n) is 22.6. The maximum atomic E-state index is 12.7. The number of anilines is 4. The third-order valence-corrected chi connectivity index (χ3v) is 22.6. The van der Waals surface area contributed by atoms with E-state index in [1.165, 1.54) is 16.7 Å². The number of hydrogen-bond donors (Lipinski definition) is 5. The maximum absolute atomic E-state index is 12.7. The van der Waals surface area contributed by atoms with E-state index in [0.717, 1.165) is 147 Å². The minimum Gasteiger partial charge on any atom is -0.508 e. The van der Waals surface area contributed by atoms with E-state index in [2.05, 4.69) is 135 Å². The molecule has 16 rings (SSSR count). The molecule has 131 heavy (non-hydrogen) atoms. The number of aromatic hydroxyl groups is 1. The molecule has 0 saturated carbocycles. The van der Waals surface area contributed by atoms with Crippen molar-refractivity contribution in [2.45, 2.75) is 120 Å². The number of nitrogens with zero attached hydrogens (tertiary/aromatic N) is 12. The van der Waals surface area contributed by atoms with E-state index in [1.807, 2.05) is 158 Å². The molecule has 0 unspecified atom stereocenters. The molecule has 8 heterocycles. The first-order valence-corrected chi connectivity index (χ1v) is 43.9. The van der Waals surface area contributed by atoms with Crippen LogP contribution in [0.15, 0.2) is 190 Å². The van der Waals surface area contributed by atoms with Crippen molar-refractivity contribution in [3.8, 4) is 40.3 Å².